The van der Waals surface area contributed by atoms with Crippen molar-refractivity contribution in [3.05, 3.63) is 30.1 Å². The van der Waals surface area contributed by atoms with Crippen molar-refractivity contribution in [1.82, 2.24) is 5.32 Å². The fraction of sp³-hybridized carbons (Fsp3) is 0.467. The van der Waals surface area contributed by atoms with Crippen LogP contribution in [0.2, 0.25) is 0 Å². The normalized spacial score (nSPS) is 12.0. The zero-order valence-corrected chi connectivity index (χ0v) is 12.5. The van der Waals surface area contributed by atoms with Crippen molar-refractivity contribution in [3.8, 4) is 0 Å². The maximum absolute atomic E-state index is 12.9. The van der Waals surface area contributed by atoms with Crippen LogP contribution in [0.1, 0.15) is 27.2 Å². The summed E-state index contributed by atoms with van der Waals surface area (Å²) >= 11 is 0. The van der Waals surface area contributed by atoms with Crippen LogP contribution in [-0.4, -0.2) is 29.7 Å². The molecule has 0 fully saturated rings. The molecule has 0 heterocycles. The largest absolute Gasteiger partial charge is 0.480 e. The number of benzene rings is 1. The Hall–Kier alpha value is -2.11. The summed E-state index contributed by atoms with van der Waals surface area (Å²) in [7, 11) is 0. The number of halogens is 1. The average molecular weight is 296 g/mol. The van der Waals surface area contributed by atoms with E-state index in [1.807, 2.05) is 13.8 Å². The third-order valence-corrected chi connectivity index (χ3v) is 3.00. The Morgan fingerprint density at radius 3 is 2.29 bits per heavy atom. The number of anilines is 1. The summed E-state index contributed by atoms with van der Waals surface area (Å²) in [6.07, 6.45) is 0.349. The molecular weight excluding hydrogens is 275 g/mol. The lowest BCUT2D eigenvalue weighted by molar-refractivity contribution is -0.139. The number of nitrogens with zero attached hydrogens (tertiary/aromatic N) is 1. The lowest BCUT2D eigenvalue weighted by Crippen LogP contribution is -2.48. The Labute approximate surface area is 123 Å². The second-order valence-electron chi connectivity index (χ2n) is 5.19. The number of hydrogen-bond acceptors (Lipinski definition) is 2. The molecule has 1 atom stereocenters. The Kier molecular flexibility index (Phi) is 6.14. The van der Waals surface area contributed by atoms with E-state index < -0.39 is 23.9 Å². The quantitative estimate of drug-likeness (QED) is 0.848. The van der Waals surface area contributed by atoms with Gasteiger partial charge in [-0.2, -0.15) is 0 Å². The van der Waals surface area contributed by atoms with Crippen molar-refractivity contribution in [2.24, 2.45) is 5.92 Å². The number of amides is 2. The van der Waals surface area contributed by atoms with Gasteiger partial charge in [0.1, 0.15) is 11.9 Å². The number of nitrogens with one attached hydrogen (secondary N) is 1. The molecule has 0 radical (unpaired) electrons. The minimum Gasteiger partial charge on any atom is -0.480 e. The van der Waals surface area contributed by atoms with Gasteiger partial charge in [0.25, 0.3) is 0 Å². The maximum Gasteiger partial charge on any atom is 0.326 e. The van der Waals surface area contributed by atoms with Crippen molar-refractivity contribution >= 4 is 17.7 Å². The molecule has 0 aromatic heterocycles. The van der Waals surface area contributed by atoms with Crippen LogP contribution in [0.15, 0.2) is 24.3 Å². The van der Waals surface area contributed by atoms with Crippen LogP contribution in [0.4, 0.5) is 14.9 Å². The lowest BCUT2D eigenvalue weighted by atomic mass is 10.0. The Balaban J connectivity index is 2.82. The number of rotatable bonds is 6. The lowest BCUT2D eigenvalue weighted by Gasteiger charge is -2.24. The molecule has 5 nitrogen and oxygen atoms in total. The van der Waals surface area contributed by atoms with E-state index in [4.69, 9.17) is 5.11 Å². The van der Waals surface area contributed by atoms with E-state index in [0.717, 1.165) is 0 Å². The van der Waals surface area contributed by atoms with Crippen LogP contribution in [0.3, 0.4) is 0 Å². The van der Waals surface area contributed by atoms with Gasteiger partial charge in [0.2, 0.25) is 0 Å². The number of urea groups is 1. The molecule has 0 saturated carbocycles. The first-order chi connectivity index (χ1) is 9.85. The first kappa shape index (κ1) is 16.9. The van der Waals surface area contributed by atoms with Crippen molar-refractivity contribution in [1.29, 1.82) is 0 Å². The van der Waals surface area contributed by atoms with E-state index in [-0.39, 0.29) is 5.92 Å². The topological polar surface area (TPSA) is 69.6 Å². The zero-order chi connectivity index (χ0) is 16.0. The van der Waals surface area contributed by atoms with E-state index in [0.29, 0.717) is 18.7 Å². The molecule has 116 valence electrons. The van der Waals surface area contributed by atoms with Gasteiger partial charge < -0.3 is 10.4 Å². The highest BCUT2D eigenvalue weighted by Crippen LogP contribution is 2.15. The molecule has 21 heavy (non-hydrogen) atoms. The fourth-order valence-corrected chi connectivity index (χ4v) is 1.98. The molecule has 1 aromatic rings. The van der Waals surface area contributed by atoms with Crippen LogP contribution < -0.4 is 10.2 Å². The van der Waals surface area contributed by atoms with Gasteiger partial charge in [0.15, 0.2) is 0 Å². The van der Waals surface area contributed by atoms with Gasteiger partial charge >= 0.3 is 12.0 Å². The van der Waals surface area contributed by atoms with E-state index in [1.54, 1.807) is 6.92 Å². The molecule has 2 amide bonds. The maximum atomic E-state index is 12.9. The minimum absolute atomic E-state index is 0.146. The highest BCUT2D eigenvalue weighted by atomic mass is 19.1. The van der Waals surface area contributed by atoms with Crippen LogP contribution in [-0.2, 0) is 4.79 Å². The van der Waals surface area contributed by atoms with Crippen LogP contribution in [0, 0.1) is 11.7 Å². The van der Waals surface area contributed by atoms with Crippen molar-refractivity contribution in [2.75, 3.05) is 11.4 Å². The second-order valence-corrected chi connectivity index (χ2v) is 5.19. The van der Waals surface area contributed by atoms with Crippen molar-refractivity contribution in [3.63, 3.8) is 0 Å². The van der Waals surface area contributed by atoms with Crippen molar-refractivity contribution < 1.29 is 19.1 Å². The van der Waals surface area contributed by atoms with Gasteiger partial charge in [-0.15, -0.1) is 0 Å². The number of carboxylic acid groups (broad SMARTS) is 1. The van der Waals surface area contributed by atoms with Gasteiger partial charge in [0, 0.05) is 12.2 Å². The van der Waals surface area contributed by atoms with Crippen LogP contribution in [0.5, 0.6) is 0 Å². The molecule has 1 aromatic carbocycles. The van der Waals surface area contributed by atoms with Crippen molar-refractivity contribution in [2.45, 2.75) is 33.2 Å². The average Bonchev–Trinajstić information content (AvgIpc) is 2.40. The standard InChI is InChI=1S/C15H21FN2O3/c1-4-18(12-7-5-11(16)6-8-12)15(21)17-13(14(19)20)9-10(2)3/h5-8,10,13H,4,9H2,1-3H3,(H,17,21)(H,19,20). The van der Waals surface area contributed by atoms with Gasteiger partial charge in [-0.05, 0) is 43.5 Å². The SMILES string of the molecule is CCN(C(=O)NC(CC(C)C)C(=O)O)c1ccc(F)cc1. The summed E-state index contributed by atoms with van der Waals surface area (Å²) in [6, 6.07) is 4.04. The van der Waals surface area contributed by atoms with E-state index in [1.165, 1.54) is 29.2 Å². The first-order valence-electron chi connectivity index (χ1n) is 6.91. The predicted molar refractivity (Wildman–Crippen MR) is 78.8 cm³/mol. The highest BCUT2D eigenvalue weighted by molar-refractivity contribution is 5.94. The molecule has 0 aliphatic carbocycles. The number of hydrogen-bond donors (Lipinski definition) is 2. The second kappa shape index (κ2) is 7.61. The zero-order valence-electron chi connectivity index (χ0n) is 12.5. The smallest absolute Gasteiger partial charge is 0.326 e. The third kappa shape index (κ3) is 5.06. The molecule has 6 heteroatoms. The first-order valence-corrected chi connectivity index (χ1v) is 6.91. The van der Waals surface area contributed by atoms with Gasteiger partial charge in [-0.25, -0.2) is 14.0 Å². The summed E-state index contributed by atoms with van der Waals surface area (Å²) in [5, 5.41) is 11.7. The molecule has 1 unspecified atom stereocenters. The molecule has 0 spiro atoms. The molecule has 0 saturated heterocycles. The van der Waals surface area contributed by atoms with E-state index in [9.17, 15) is 14.0 Å². The Morgan fingerprint density at radius 2 is 1.86 bits per heavy atom. The molecule has 0 aliphatic heterocycles. The van der Waals surface area contributed by atoms with E-state index in [2.05, 4.69) is 5.32 Å². The summed E-state index contributed by atoms with van der Waals surface area (Å²) in [6.45, 7) is 5.89. The molecule has 0 aliphatic rings. The molecule has 0 bridgehead atoms. The number of carboxylic acids is 1. The monoisotopic (exact) mass is 296 g/mol. The third-order valence-electron chi connectivity index (χ3n) is 3.00. The van der Waals surface area contributed by atoms with E-state index >= 15 is 0 Å². The minimum atomic E-state index is -1.06. The van der Waals surface area contributed by atoms with Gasteiger partial charge in [-0.1, -0.05) is 13.8 Å². The molecule has 2 N–H and O–H groups in total. The van der Waals surface area contributed by atoms with Crippen LogP contribution >= 0.6 is 0 Å². The summed E-state index contributed by atoms with van der Waals surface area (Å²) in [5.41, 5.74) is 0.519. The predicted octanol–water partition coefficient (Wildman–Crippen LogP) is 2.86. The number of carbonyl (C=O) groups is 2. The summed E-state index contributed by atoms with van der Waals surface area (Å²) in [4.78, 5) is 24.8. The van der Waals surface area contributed by atoms with Crippen LogP contribution in [0.25, 0.3) is 0 Å². The number of carbonyl (C=O) groups excluding carboxylic acids is 1. The Bertz CT molecular complexity index is 488. The van der Waals surface area contributed by atoms with Gasteiger partial charge in [0.05, 0.1) is 0 Å². The highest BCUT2D eigenvalue weighted by Gasteiger charge is 2.24. The fourth-order valence-electron chi connectivity index (χ4n) is 1.98. The summed E-state index contributed by atoms with van der Waals surface area (Å²) in [5.74, 6) is -1.31. The van der Waals surface area contributed by atoms with Gasteiger partial charge in [-0.3, -0.25) is 4.90 Å². The summed E-state index contributed by atoms with van der Waals surface area (Å²) < 4.78 is 12.9. The molecular formula is C15H21FN2O3. The number of aliphatic carboxylic acids is 1. The Morgan fingerprint density at radius 1 is 1.29 bits per heavy atom. The molecule has 1 rings (SSSR count).